The highest BCUT2D eigenvalue weighted by Gasteiger charge is 2.14. The summed E-state index contributed by atoms with van der Waals surface area (Å²) < 4.78 is 10.8. The number of fused-ring (bicyclic) bond motifs is 1. The largest absolute Gasteiger partial charge is 0.504 e. The van der Waals surface area contributed by atoms with E-state index in [0.29, 0.717) is 35.8 Å². The van der Waals surface area contributed by atoms with Crippen LogP contribution in [0.3, 0.4) is 0 Å². The molecule has 3 rings (SSSR count). The normalized spacial score (nSPS) is 13.0. The molecule has 7 heteroatoms. The lowest BCUT2D eigenvalue weighted by atomic mass is 10.2. The second kappa shape index (κ2) is 6.27. The van der Waals surface area contributed by atoms with Gasteiger partial charge in [-0.2, -0.15) is 5.10 Å². The molecule has 2 aromatic rings. The van der Waals surface area contributed by atoms with Crippen LogP contribution in [0.4, 0.5) is 0 Å². The highest BCUT2D eigenvalue weighted by Crippen LogP contribution is 2.30. The van der Waals surface area contributed by atoms with Gasteiger partial charge in [0.15, 0.2) is 23.0 Å². The smallest absolute Gasteiger partial charge is 0.271 e. The van der Waals surface area contributed by atoms with E-state index in [9.17, 15) is 15.0 Å². The van der Waals surface area contributed by atoms with E-state index in [0.717, 1.165) is 0 Å². The van der Waals surface area contributed by atoms with Crippen LogP contribution in [-0.4, -0.2) is 35.5 Å². The van der Waals surface area contributed by atoms with Crippen molar-refractivity contribution in [3.8, 4) is 23.0 Å². The Bertz CT molecular complexity index is 773. The van der Waals surface area contributed by atoms with E-state index in [4.69, 9.17) is 9.47 Å². The van der Waals surface area contributed by atoms with Gasteiger partial charge in [0.05, 0.1) is 6.21 Å². The third kappa shape index (κ3) is 3.34. The zero-order chi connectivity index (χ0) is 16.2. The first kappa shape index (κ1) is 14.7. The lowest BCUT2D eigenvalue weighted by Gasteiger charge is -2.18. The van der Waals surface area contributed by atoms with E-state index in [-0.39, 0.29) is 11.5 Å². The van der Waals surface area contributed by atoms with Crippen LogP contribution < -0.4 is 14.9 Å². The van der Waals surface area contributed by atoms with Crippen LogP contribution in [-0.2, 0) is 0 Å². The molecule has 2 aromatic carbocycles. The molecule has 0 bridgehead atoms. The molecule has 0 saturated heterocycles. The van der Waals surface area contributed by atoms with Crippen LogP contribution in [0.15, 0.2) is 41.5 Å². The number of carbonyl (C=O) groups is 1. The lowest BCUT2D eigenvalue weighted by Crippen LogP contribution is -2.19. The van der Waals surface area contributed by atoms with Crippen molar-refractivity contribution in [3.05, 3.63) is 47.5 Å². The second-order valence-electron chi connectivity index (χ2n) is 4.81. The maximum absolute atomic E-state index is 12.0. The van der Waals surface area contributed by atoms with Gasteiger partial charge in [0.1, 0.15) is 13.2 Å². The Morgan fingerprint density at radius 2 is 1.83 bits per heavy atom. The highest BCUT2D eigenvalue weighted by molar-refractivity contribution is 5.95. The predicted octanol–water partition coefficient (Wildman–Crippen LogP) is 1.63. The molecule has 1 aliphatic rings. The quantitative estimate of drug-likeness (QED) is 0.454. The number of amides is 1. The number of hydrogen-bond donors (Lipinski definition) is 3. The number of benzene rings is 2. The number of ether oxygens (including phenoxy) is 2. The molecule has 23 heavy (non-hydrogen) atoms. The predicted molar refractivity (Wildman–Crippen MR) is 82.3 cm³/mol. The number of hydrogen-bond acceptors (Lipinski definition) is 6. The summed E-state index contributed by atoms with van der Waals surface area (Å²) in [6, 6.07) is 9.09. The Hall–Kier alpha value is -3.22. The molecule has 0 aromatic heterocycles. The highest BCUT2D eigenvalue weighted by atomic mass is 16.6. The standard InChI is InChI=1S/C16H14N2O5/c19-12-3-1-10(7-13(12)20)9-17-18-16(21)11-2-4-14-15(8-11)23-6-5-22-14/h1-4,7-9,19-20H,5-6H2,(H,18,21). The Kier molecular flexibility index (Phi) is 4.01. The average molecular weight is 314 g/mol. The number of phenolic OH excluding ortho intramolecular Hbond substituents is 2. The van der Waals surface area contributed by atoms with Crippen molar-refractivity contribution in [1.29, 1.82) is 0 Å². The van der Waals surface area contributed by atoms with E-state index < -0.39 is 5.91 Å². The van der Waals surface area contributed by atoms with Crippen molar-refractivity contribution in [2.45, 2.75) is 0 Å². The molecule has 1 heterocycles. The first-order chi connectivity index (χ1) is 11.1. The molecular weight excluding hydrogens is 300 g/mol. The third-order valence-corrected chi connectivity index (χ3v) is 3.18. The van der Waals surface area contributed by atoms with Gasteiger partial charge in [-0.25, -0.2) is 5.43 Å². The van der Waals surface area contributed by atoms with Crippen molar-refractivity contribution in [2.75, 3.05) is 13.2 Å². The fraction of sp³-hybridized carbons (Fsp3) is 0.125. The number of nitrogens with zero attached hydrogens (tertiary/aromatic N) is 1. The topological polar surface area (TPSA) is 100 Å². The molecule has 1 amide bonds. The first-order valence-corrected chi connectivity index (χ1v) is 6.88. The summed E-state index contributed by atoms with van der Waals surface area (Å²) in [6.45, 7) is 0.933. The van der Waals surface area contributed by atoms with Crippen LogP contribution in [0.5, 0.6) is 23.0 Å². The molecule has 1 aliphatic heterocycles. The van der Waals surface area contributed by atoms with Crippen molar-refractivity contribution < 1.29 is 24.5 Å². The van der Waals surface area contributed by atoms with E-state index in [1.165, 1.54) is 18.3 Å². The van der Waals surface area contributed by atoms with E-state index in [1.807, 2.05) is 0 Å². The molecule has 0 fully saturated rings. The third-order valence-electron chi connectivity index (χ3n) is 3.18. The average Bonchev–Trinajstić information content (AvgIpc) is 2.57. The van der Waals surface area contributed by atoms with Gasteiger partial charge >= 0.3 is 0 Å². The molecule has 118 valence electrons. The zero-order valence-electron chi connectivity index (χ0n) is 12.0. The van der Waals surface area contributed by atoms with E-state index in [2.05, 4.69) is 10.5 Å². The Balaban J connectivity index is 1.67. The SMILES string of the molecule is O=C(NN=Cc1ccc(O)c(O)c1)c1ccc2c(c1)OCCO2. The molecule has 0 unspecified atom stereocenters. The van der Waals surface area contributed by atoms with Gasteiger partial charge in [0.2, 0.25) is 0 Å². The van der Waals surface area contributed by atoms with Gasteiger partial charge < -0.3 is 19.7 Å². The van der Waals surface area contributed by atoms with Crippen molar-refractivity contribution in [3.63, 3.8) is 0 Å². The number of aromatic hydroxyl groups is 2. The Labute approximate surface area is 131 Å². The van der Waals surface area contributed by atoms with Crippen molar-refractivity contribution in [1.82, 2.24) is 5.43 Å². The van der Waals surface area contributed by atoms with E-state index >= 15 is 0 Å². The molecule has 0 aliphatic carbocycles. The minimum Gasteiger partial charge on any atom is -0.504 e. The fourth-order valence-electron chi connectivity index (χ4n) is 2.04. The summed E-state index contributed by atoms with van der Waals surface area (Å²) in [5, 5.41) is 22.4. The molecule has 0 saturated carbocycles. The number of carbonyl (C=O) groups excluding carboxylic acids is 1. The first-order valence-electron chi connectivity index (χ1n) is 6.88. The van der Waals surface area contributed by atoms with Gasteiger partial charge in [-0.15, -0.1) is 0 Å². The molecular formula is C16H14N2O5. The van der Waals surface area contributed by atoms with Gasteiger partial charge in [0.25, 0.3) is 5.91 Å². The van der Waals surface area contributed by atoms with Crippen LogP contribution in [0.25, 0.3) is 0 Å². The Morgan fingerprint density at radius 3 is 2.61 bits per heavy atom. The van der Waals surface area contributed by atoms with Gasteiger partial charge in [-0.05, 0) is 42.0 Å². The number of phenols is 2. The maximum Gasteiger partial charge on any atom is 0.271 e. The summed E-state index contributed by atoms with van der Waals surface area (Å²) >= 11 is 0. The molecule has 7 nitrogen and oxygen atoms in total. The van der Waals surface area contributed by atoms with Crippen LogP contribution in [0.1, 0.15) is 15.9 Å². The van der Waals surface area contributed by atoms with Gasteiger partial charge in [-0.1, -0.05) is 0 Å². The summed E-state index contributed by atoms with van der Waals surface area (Å²) in [4.78, 5) is 12.0. The summed E-state index contributed by atoms with van der Waals surface area (Å²) in [7, 11) is 0. The number of rotatable bonds is 3. The summed E-state index contributed by atoms with van der Waals surface area (Å²) in [6.07, 6.45) is 1.36. The molecule has 3 N–H and O–H groups in total. The maximum atomic E-state index is 12.0. The summed E-state index contributed by atoms with van der Waals surface area (Å²) in [5.74, 6) is 0.253. The number of hydrazone groups is 1. The minimum absolute atomic E-state index is 0.220. The lowest BCUT2D eigenvalue weighted by molar-refractivity contribution is 0.0954. The van der Waals surface area contributed by atoms with Crippen LogP contribution in [0.2, 0.25) is 0 Å². The second-order valence-corrected chi connectivity index (χ2v) is 4.81. The van der Waals surface area contributed by atoms with Crippen molar-refractivity contribution >= 4 is 12.1 Å². The fourth-order valence-corrected chi connectivity index (χ4v) is 2.04. The minimum atomic E-state index is -0.402. The van der Waals surface area contributed by atoms with Crippen LogP contribution >= 0.6 is 0 Å². The molecule has 0 spiro atoms. The van der Waals surface area contributed by atoms with Gasteiger partial charge in [-0.3, -0.25) is 4.79 Å². The number of nitrogens with one attached hydrogen (secondary N) is 1. The van der Waals surface area contributed by atoms with Crippen molar-refractivity contribution in [2.24, 2.45) is 5.10 Å². The van der Waals surface area contributed by atoms with Crippen LogP contribution in [0, 0.1) is 0 Å². The van der Waals surface area contributed by atoms with Gasteiger partial charge in [0, 0.05) is 5.56 Å². The molecule has 0 radical (unpaired) electrons. The van der Waals surface area contributed by atoms with E-state index in [1.54, 1.807) is 24.3 Å². The molecule has 0 atom stereocenters. The Morgan fingerprint density at radius 1 is 1.04 bits per heavy atom. The monoisotopic (exact) mass is 314 g/mol. The zero-order valence-corrected chi connectivity index (χ0v) is 12.0. The summed E-state index contributed by atoms with van der Waals surface area (Å²) in [5.41, 5.74) is 3.30.